The molecular weight excluding hydrogens is 561 g/mol. The SMILES string of the molecule is C=CCC1CN(c2nn(C3CCOCC3)c3c2CN(C(=O)NC)CC3)c2cc(C(F)(F)F)c(-c3cnn(C)c3)cc2N1C. The highest BCUT2D eigenvalue weighted by Crippen LogP contribution is 2.48. The van der Waals surface area contributed by atoms with Crippen LogP contribution in [0.25, 0.3) is 11.1 Å². The minimum absolute atomic E-state index is 0.0639. The molecule has 1 saturated heterocycles. The predicted octanol–water partition coefficient (Wildman–Crippen LogP) is 4.88. The number of benzene rings is 1. The summed E-state index contributed by atoms with van der Waals surface area (Å²) in [6.45, 7) is 6.47. The van der Waals surface area contributed by atoms with Crippen molar-refractivity contribution in [3.05, 3.63) is 54.0 Å². The zero-order chi connectivity index (χ0) is 30.5. The third kappa shape index (κ3) is 5.23. The topological polar surface area (TPSA) is 83.7 Å². The summed E-state index contributed by atoms with van der Waals surface area (Å²) in [5.74, 6) is 0.598. The summed E-state index contributed by atoms with van der Waals surface area (Å²) in [5, 5.41) is 12.0. The molecule has 3 aliphatic heterocycles. The molecule has 3 aliphatic rings. The first-order valence-electron chi connectivity index (χ1n) is 14.6. The number of fused-ring (bicyclic) bond motifs is 2. The highest BCUT2D eigenvalue weighted by molar-refractivity contribution is 5.86. The van der Waals surface area contributed by atoms with Crippen LogP contribution in [0.1, 0.15) is 42.1 Å². The number of alkyl halides is 3. The van der Waals surface area contributed by atoms with E-state index in [-0.39, 0.29) is 23.7 Å². The molecule has 230 valence electrons. The Kier molecular flexibility index (Phi) is 7.61. The maximum absolute atomic E-state index is 14.7. The average molecular weight is 599 g/mol. The van der Waals surface area contributed by atoms with E-state index in [1.165, 1.54) is 16.9 Å². The number of likely N-dealkylation sites (N-methyl/N-ethyl adjacent to an activating group) is 1. The average Bonchev–Trinajstić information content (AvgIpc) is 3.61. The first kappa shape index (κ1) is 29.1. The molecule has 1 N–H and O–H groups in total. The van der Waals surface area contributed by atoms with E-state index in [2.05, 4.69) is 21.7 Å². The molecule has 1 atom stereocenters. The number of carbonyl (C=O) groups is 1. The van der Waals surface area contributed by atoms with Gasteiger partial charge < -0.3 is 24.8 Å². The quantitative estimate of drug-likeness (QED) is 0.422. The van der Waals surface area contributed by atoms with Gasteiger partial charge in [-0.3, -0.25) is 9.36 Å². The Morgan fingerprint density at radius 1 is 1.21 bits per heavy atom. The van der Waals surface area contributed by atoms with Gasteiger partial charge in [0.15, 0.2) is 5.82 Å². The van der Waals surface area contributed by atoms with Crippen molar-refractivity contribution < 1.29 is 22.7 Å². The van der Waals surface area contributed by atoms with Gasteiger partial charge in [0.05, 0.1) is 41.8 Å². The fraction of sp³-hybridized carbons (Fsp3) is 0.500. The van der Waals surface area contributed by atoms with Gasteiger partial charge in [0.1, 0.15) is 0 Å². The number of halogens is 3. The van der Waals surface area contributed by atoms with Crippen molar-refractivity contribution in [2.24, 2.45) is 7.05 Å². The van der Waals surface area contributed by atoms with Gasteiger partial charge in [0.2, 0.25) is 0 Å². The zero-order valence-corrected chi connectivity index (χ0v) is 24.7. The number of nitrogens with one attached hydrogen (secondary N) is 1. The summed E-state index contributed by atoms with van der Waals surface area (Å²) >= 11 is 0. The first-order chi connectivity index (χ1) is 20.6. The van der Waals surface area contributed by atoms with Crippen molar-refractivity contribution in [1.29, 1.82) is 0 Å². The molecule has 0 radical (unpaired) electrons. The van der Waals surface area contributed by atoms with E-state index in [0.717, 1.165) is 24.1 Å². The summed E-state index contributed by atoms with van der Waals surface area (Å²) in [6, 6.07) is 2.73. The van der Waals surface area contributed by atoms with Crippen LogP contribution in [-0.4, -0.2) is 76.9 Å². The molecule has 0 saturated carbocycles. The molecule has 1 fully saturated rings. The van der Waals surface area contributed by atoms with Crippen molar-refractivity contribution in [3.63, 3.8) is 0 Å². The second-order valence-corrected chi connectivity index (χ2v) is 11.5. The van der Waals surface area contributed by atoms with Gasteiger partial charge >= 0.3 is 12.2 Å². The lowest BCUT2D eigenvalue weighted by Gasteiger charge is -2.43. The Morgan fingerprint density at radius 2 is 1.98 bits per heavy atom. The van der Waals surface area contributed by atoms with Gasteiger partial charge in [-0.1, -0.05) is 6.08 Å². The smallest absolute Gasteiger partial charge is 0.381 e. The lowest BCUT2D eigenvalue weighted by atomic mass is 9.95. The van der Waals surface area contributed by atoms with Crippen molar-refractivity contribution >= 4 is 23.2 Å². The van der Waals surface area contributed by atoms with Crippen molar-refractivity contribution in [2.75, 3.05) is 50.2 Å². The number of aromatic nitrogens is 4. The Hall–Kier alpha value is -4.00. The highest BCUT2D eigenvalue weighted by atomic mass is 19.4. The Balaban J connectivity index is 1.55. The molecule has 3 aromatic rings. The number of aryl methyl sites for hydroxylation is 1. The number of anilines is 3. The molecule has 10 nitrogen and oxygen atoms in total. The van der Waals surface area contributed by atoms with Gasteiger partial charge in [-0.05, 0) is 37.0 Å². The van der Waals surface area contributed by atoms with Crippen molar-refractivity contribution in [3.8, 4) is 11.1 Å². The second kappa shape index (κ2) is 11.3. The Morgan fingerprint density at radius 3 is 2.63 bits per heavy atom. The number of nitrogens with zero attached hydrogens (tertiary/aromatic N) is 7. The van der Waals surface area contributed by atoms with Crippen LogP contribution in [0.5, 0.6) is 0 Å². The van der Waals surface area contributed by atoms with Crippen molar-refractivity contribution in [1.82, 2.24) is 29.8 Å². The van der Waals surface area contributed by atoms with E-state index in [9.17, 15) is 18.0 Å². The number of hydrogen-bond donors (Lipinski definition) is 1. The minimum atomic E-state index is -4.60. The van der Waals surface area contributed by atoms with Gasteiger partial charge in [0.25, 0.3) is 0 Å². The normalized spacial score (nSPS) is 19.3. The molecule has 5 heterocycles. The van der Waals surface area contributed by atoms with Crippen molar-refractivity contribution in [2.45, 2.75) is 50.5 Å². The third-order valence-electron chi connectivity index (χ3n) is 8.84. The molecule has 2 aromatic heterocycles. The standard InChI is InChI=1S/C30H37F3N8O2/c1-5-6-21-17-40(27-14-24(30(31,32)33)22(13-26(27)38(21)4)19-15-35-37(3)16-19)28-23-18-39(29(42)34-2)10-7-25(23)41(36-28)20-8-11-43-12-9-20/h5,13-16,20-21H,1,6-12,17-18H2,2-4H3,(H,34,42). The maximum Gasteiger partial charge on any atom is 0.417 e. The summed E-state index contributed by atoms with van der Waals surface area (Å²) in [4.78, 5) is 18.4. The van der Waals surface area contributed by atoms with Gasteiger partial charge in [0, 0.05) is 76.9 Å². The number of rotatable bonds is 5. The molecular formula is C30H37F3N8O2. The van der Waals surface area contributed by atoms with Crippen LogP contribution in [0.3, 0.4) is 0 Å². The van der Waals surface area contributed by atoms with Gasteiger partial charge in [-0.15, -0.1) is 6.58 Å². The molecule has 0 aliphatic carbocycles. The number of amides is 2. The number of carbonyl (C=O) groups excluding carboxylic acids is 1. The summed E-state index contributed by atoms with van der Waals surface area (Å²) in [6.07, 6.45) is 3.13. The number of ether oxygens (including phenoxy) is 1. The second-order valence-electron chi connectivity index (χ2n) is 11.5. The van der Waals surface area contributed by atoms with Crippen LogP contribution in [-0.2, 0) is 30.9 Å². The van der Waals surface area contributed by atoms with E-state index in [1.54, 1.807) is 31.3 Å². The van der Waals surface area contributed by atoms with E-state index >= 15 is 0 Å². The summed E-state index contributed by atoms with van der Waals surface area (Å²) in [5.41, 5.74) is 2.74. The molecule has 1 unspecified atom stereocenters. The minimum Gasteiger partial charge on any atom is -0.381 e. The van der Waals surface area contributed by atoms with Crippen LogP contribution in [0.15, 0.2) is 37.2 Å². The fourth-order valence-corrected chi connectivity index (χ4v) is 6.57. The van der Waals surface area contributed by atoms with E-state index in [1.807, 2.05) is 22.9 Å². The third-order valence-corrected chi connectivity index (χ3v) is 8.84. The molecule has 43 heavy (non-hydrogen) atoms. The predicted molar refractivity (Wildman–Crippen MR) is 158 cm³/mol. The van der Waals surface area contributed by atoms with Crippen LogP contribution in [0, 0.1) is 0 Å². The van der Waals surface area contributed by atoms with E-state index in [4.69, 9.17) is 9.84 Å². The van der Waals surface area contributed by atoms with Crippen LogP contribution in [0.2, 0.25) is 0 Å². The number of hydrogen-bond acceptors (Lipinski definition) is 6. The molecule has 1 aromatic carbocycles. The fourth-order valence-electron chi connectivity index (χ4n) is 6.57. The maximum atomic E-state index is 14.7. The lowest BCUT2D eigenvalue weighted by molar-refractivity contribution is -0.137. The molecule has 2 amide bonds. The van der Waals surface area contributed by atoms with Gasteiger partial charge in [-0.2, -0.15) is 23.4 Å². The molecule has 0 spiro atoms. The summed E-state index contributed by atoms with van der Waals surface area (Å²) < 4.78 is 53.2. The Bertz CT molecular complexity index is 1520. The van der Waals surface area contributed by atoms with Gasteiger partial charge in [-0.25, -0.2) is 4.79 Å². The zero-order valence-electron chi connectivity index (χ0n) is 24.7. The van der Waals surface area contributed by atoms with Crippen LogP contribution < -0.4 is 15.1 Å². The van der Waals surface area contributed by atoms with Crippen LogP contribution >= 0.6 is 0 Å². The Labute approximate surface area is 248 Å². The molecule has 6 rings (SSSR count). The molecule has 0 bridgehead atoms. The lowest BCUT2D eigenvalue weighted by Crippen LogP contribution is -2.46. The molecule has 13 heteroatoms. The van der Waals surface area contributed by atoms with E-state index < -0.39 is 11.7 Å². The first-order valence-corrected chi connectivity index (χ1v) is 14.6. The number of urea groups is 1. The largest absolute Gasteiger partial charge is 0.417 e. The summed E-state index contributed by atoms with van der Waals surface area (Å²) in [7, 11) is 5.19. The van der Waals surface area contributed by atoms with E-state index in [0.29, 0.717) is 68.4 Å². The van der Waals surface area contributed by atoms with Crippen LogP contribution in [0.4, 0.5) is 35.2 Å². The highest BCUT2D eigenvalue weighted by Gasteiger charge is 2.40. The monoisotopic (exact) mass is 598 g/mol.